The molecule has 1 fully saturated rings. The lowest BCUT2D eigenvalue weighted by molar-refractivity contribution is -0.120. The van der Waals surface area contributed by atoms with Gasteiger partial charge in [0.1, 0.15) is 12.1 Å². The number of piperidine rings is 1. The minimum absolute atomic E-state index is 0.00817. The zero-order valence-corrected chi connectivity index (χ0v) is 17.1. The molecule has 3 aromatic rings. The highest BCUT2D eigenvalue weighted by Gasteiger charge is 2.25. The molecule has 0 saturated carbocycles. The molecule has 0 bridgehead atoms. The number of anilines is 1. The lowest BCUT2D eigenvalue weighted by Gasteiger charge is -2.36. The van der Waals surface area contributed by atoms with Crippen LogP contribution in [-0.4, -0.2) is 51.4 Å². The summed E-state index contributed by atoms with van der Waals surface area (Å²) in [5.74, 6) is 2.87. The molecule has 1 saturated heterocycles. The molecule has 1 amide bonds. The van der Waals surface area contributed by atoms with Gasteiger partial charge in [-0.2, -0.15) is 4.98 Å². The summed E-state index contributed by atoms with van der Waals surface area (Å²) in [5.41, 5.74) is 0.906. The maximum absolute atomic E-state index is 12.6. The molecule has 160 valence electrons. The number of rotatable bonds is 6. The normalized spacial score (nSPS) is 17.5. The van der Waals surface area contributed by atoms with Crippen LogP contribution in [0.1, 0.15) is 24.8 Å². The van der Waals surface area contributed by atoms with Gasteiger partial charge in [0.15, 0.2) is 11.5 Å². The van der Waals surface area contributed by atoms with Gasteiger partial charge in [-0.25, -0.2) is 9.97 Å². The van der Waals surface area contributed by atoms with Gasteiger partial charge in [-0.1, -0.05) is 6.07 Å². The Kier molecular flexibility index (Phi) is 5.39. The van der Waals surface area contributed by atoms with Crippen molar-refractivity contribution in [1.82, 2.24) is 24.8 Å². The molecule has 1 atom stereocenters. The Morgan fingerprint density at radius 2 is 2.10 bits per heavy atom. The van der Waals surface area contributed by atoms with Gasteiger partial charge in [0, 0.05) is 37.7 Å². The molecule has 2 aliphatic heterocycles. The van der Waals surface area contributed by atoms with E-state index in [0.717, 1.165) is 42.9 Å². The number of nitrogens with zero attached hydrogens (tertiary/aromatic N) is 5. The molecule has 2 aromatic heterocycles. The number of ether oxygens (including phenoxy) is 2. The minimum atomic E-state index is -0.00817. The number of hydrogen-bond donors (Lipinski definition) is 1. The Bertz CT molecular complexity index is 1060. The average Bonchev–Trinajstić information content (AvgIpc) is 3.50. The Hall–Kier alpha value is -3.62. The van der Waals surface area contributed by atoms with Gasteiger partial charge < -0.3 is 19.7 Å². The van der Waals surface area contributed by atoms with E-state index in [1.54, 1.807) is 23.3 Å². The second-order valence-corrected chi connectivity index (χ2v) is 7.70. The lowest BCUT2D eigenvalue weighted by atomic mass is 10.0. The van der Waals surface area contributed by atoms with E-state index in [2.05, 4.69) is 20.2 Å². The standard InChI is InChI=1S/C22H24N6O3/c29-21(12-16-4-5-18-19(11-16)31-15-30-18)25-13-17-3-1-2-9-28(17)20-6-7-24-22(26-20)27-10-8-23-14-27/h4-8,10-11,14,17H,1-3,9,12-13,15H2,(H,25,29). The van der Waals surface area contributed by atoms with Gasteiger partial charge >= 0.3 is 0 Å². The predicted octanol–water partition coefficient (Wildman–Crippen LogP) is 2.11. The van der Waals surface area contributed by atoms with Gasteiger partial charge in [0.2, 0.25) is 18.6 Å². The number of imidazole rings is 1. The second-order valence-electron chi connectivity index (χ2n) is 7.70. The van der Waals surface area contributed by atoms with E-state index in [-0.39, 0.29) is 18.7 Å². The fourth-order valence-corrected chi connectivity index (χ4v) is 4.05. The van der Waals surface area contributed by atoms with E-state index in [9.17, 15) is 4.79 Å². The first-order valence-corrected chi connectivity index (χ1v) is 10.5. The molecule has 1 aromatic carbocycles. The van der Waals surface area contributed by atoms with Crippen LogP contribution in [0.25, 0.3) is 5.95 Å². The number of benzene rings is 1. The third kappa shape index (κ3) is 4.30. The predicted molar refractivity (Wildman–Crippen MR) is 113 cm³/mol. The van der Waals surface area contributed by atoms with Crippen LogP contribution in [0, 0.1) is 0 Å². The highest BCUT2D eigenvalue weighted by Crippen LogP contribution is 2.32. The van der Waals surface area contributed by atoms with Crippen molar-refractivity contribution in [2.45, 2.75) is 31.7 Å². The minimum Gasteiger partial charge on any atom is -0.454 e. The van der Waals surface area contributed by atoms with E-state index >= 15 is 0 Å². The summed E-state index contributed by atoms with van der Waals surface area (Å²) in [7, 11) is 0. The van der Waals surface area contributed by atoms with E-state index in [0.29, 0.717) is 24.7 Å². The van der Waals surface area contributed by atoms with Crippen molar-refractivity contribution in [2.75, 3.05) is 24.8 Å². The number of nitrogens with one attached hydrogen (secondary N) is 1. The molecule has 1 unspecified atom stereocenters. The van der Waals surface area contributed by atoms with Gasteiger partial charge in [-0.05, 0) is 43.0 Å². The first kappa shape index (κ1) is 19.3. The zero-order chi connectivity index (χ0) is 21.0. The SMILES string of the molecule is O=C(Cc1ccc2c(c1)OCO2)NCC1CCCCN1c1ccnc(-n2ccnc2)n1. The van der Waals surface area contributed by atoms with Gasteiger partial charge in [0.05, 0.1) is 6.42 Å². The van der Waals surface area contributed by atoms with Crippen LogP contribution < -0.4 is 19.7 Å². The van der Waals surface area contributed by atoms with Crippen molar-refractivity contribution in [2.24, 2.45) is 0 Å². The average molecular weight is 420 g/mol. The van der Waals surface area contributed by atoms with Crippen LogP contribution in [0.5, 0.6) is 11.5 Å². The summed E-state index contributed by atoms with van der Waals surface area (Å²) in [6.45, 7) is 1.71. The van der Waals surface area contributed by atoms with Crippen molar-refractivity contribution < 1.29 is 14.3 Å². The van der Waals surface area contributed by atoms with Gasteiger partial charge in [0.25, 0.3) is 0 Å². The van der Waals surface area contributed by atoms with Crippen LogP contribution in [-0.2, 0) is 11.2 Å². The molecule has 0 aliphatic carbocycles. The third-order valence-electron chi connectivity index (χ3n) is 5.62. The largest absolute Gasteiger partial charge is 0.454 e. The Labute approximate surface area is 180 Å². The monoisotopic (exact) mass is 420 g/mol. The van der Waals surface area contributed by atoms with Crippen molar-refractivity contribution in [1.29, 1.82) is 0 Å². The number of carbonyl (C=O) groups is 1. The summed E-state index contributed by atoms with van der Waals surface area (Å²) in [5, 5.41) is 3.10. The number of hydrogen-bond acceptors (Lipinski definition) is 7. The summed E-state index contributed by atoms with van der Waals surface area (Å²) < 4.78 is 12.5. The van der Waals surface area contributed by atoms with Crippen molar-refractivity contribution in [3.8, 4) is 17.4 Å². The molecule has 2 aliphatic rings. The quantitative estimate of drug-likeness (QED) is 0.653. The smallest absolute Gasteiger partial charge is 0.236 e. The summed E-state index contributed by atoms with van der Waals surface area (Å²) in [4.78, 5) is 28.0. The van der Waals surface area contributed by atoms with Crippen molar-refractivity contribution in [3.05, 3.63) is 54.7 Å². The van der Waals surface area contributed by atoms with Crippen LogP contribution in [0.4, 0.5) is 5.82 Å². The Balaban J connectivity index is 1.23. The molecule has 31 heavy (non-hydrogen) atoms. The lowest BCUT2D eigenvalue weighted by Crippen LogP contribution is -2.47. The van der Waals surface area contributed by atoms with E-state index in [1.807, 2.05) is 30.5 Å². The number of carbonyl (C=O) groups excluding carboxylic acids is 1. The molecule has 9 nitrogen and oxygen atoms in total. The Morgan fingerprint density at radius 3 is 3.00 bits per heavy atom. The number of amides is 1. The highest BCUT2D eigenvalue weighted by molar-refractivity contribution is 5.79. The summed E-state index contributed by atoms with van der Waals surface area (Å²) in [6, 6.07) is 7.74. The topological polar surface area (TPSA) is 94.4 Å². The third-order valence-corrected chi connectivity index (χ3v) is 5.62. The van der Waals surface area contributed by atoms with Gasteiger partial charge in [-0.3, -0.25) is 9.36 Å². The highest BCUT2D eigenvalue weighted by atomic mass is 16.7. The Morgan fingerprint density at radius 1 is 1.16 bits per heavy atom. The summed E-state index contributed by atoms with van der Waals surface area (Å²) >= 11 is 0. The molecule has 0 spiro atoms. The molecule has 0 radical (unpaired) electrons. The maximum atomic E-state index is 12.6. The molecule has 5 rings (SSSR count). The molecule has 4 heterocycles. The van der Waals surface area contributed by atoms with E-state index in [1.165, 1.54) is 0 Å². The van der Waals surface area contributed by atoms with Crippen LogP contribution in [0.15, 0.2) is 49.2 Å². The van der Waals surface area contributed by atoms with Crippen molar-refractivity contribution >= 4 is 11.7 Å². The first-order chi connectivity index (χ1) is 15.3. The van der Waals surface area contributed by atoms with Crippen molar-refractivity contribution in [3.63, 3.8) is 0 Å². The first-order valence-electron chi connectivity index (χ1n) is 10.5. The maximum Gasteiger partial charge on any atom is 0.236 e. The van der Waals surface area contributed by atoms with Crippen LogP contribution >= 0.6 is 0 Å². The number of fused-ring (bicyclic) bond motifs is 1. The van der Waals surface area contributed by atoms with Gasteiger partial charge in [-0.15, -0.1) is 0 Å². The fourth-order valence-electron chi connectivity index (χ4n) is 4.05. The van der Waals surface area contributed by atoms with Crippen LogP contribution in [0.2, 0.25) is 0 Å². The van der Waals surface area contributed by atoms with E-state index in [4.69, 9.17) is 14.5 Å². The molecule has 9 heteroatoms. The fraction of sp³-hybridized carbons (Fsp3) is 0.364. The summed E-state index contributed by atoms with van der Waals surface area (Å²) in [6.07, 6.45) is 10.5. The molecular formula is C22H24N6O3. The molecule has 1 N–H and O–H groups in total. The zero-order valence-electron chi connectivity index (χ0n) is 17.1. The second kappa shape index (κ2) is 8.63. The van der Waals surface area contributed by atoms with E-state index < -0.39 is 0 Å². The molecular weight excluding hydrogens is 396 g/mol. The number of aromatic nitrogens is 4. The van der Waals surface area contributed by atoms with Crippen LogP contribution in [0.3, 0.4) is 0 Å².